The molecule has 0 aliphatic heterocycles. The molecule has 39 heavy (non-hydrogen) atoms. The summed E-state index contributed by atoms with van der Waals surface area (Å²) in [6.45, 7) is 8.58. The van der Waals surface area contributed by atoms with Crippen LogP contribution in [-0.2, 0) is 14.3 Å². The molecule has 2 saturated carbocycles. The van der Waals surface area contributed by atoms with Crippen molar-refractivity contribution in [2.75, 3.05) is 13.2 Å². The molecule has 5 nitrogen and oxygen atoms in total. The van der Waals surface area contributed by atoms with Crippen LogP contribution in [0.15, 0.2) is 36.4 Å². The van der Waals surface area contributed by atoms with Crippen molar-refractivity contribution in [3.8, 4) is 5.75 Å². The Kier molecular flexibility index (Phi) is 13.9. The number of ether oxygens (including phenoxy) is 3. The van der Waals surface area contributed by atoms with Crippen LogP contribution < -0.4 is 4.74 Å². The minimum atomic E-state index is -0.321. The molecule has 1 aromatic carbocycles. The highest BCUT2D eigenvalue weighted by Gasteiger charge is 2.32. The van der Waals surface area contributed by atoms with Crippen LogP contribution in [0.4, 0.5) is 0 Å². The fourth-order valence-corrected chi connectivity index (χ4v) is 6.25. The molecule has 2 aliphatic rings. The molecule has 0 radical (unpaired) electrons. The number of hydrogen-bond acceptors (Lipinski definition) is 5. The highest BCUT2D eigenvalue weighted by atomic mass is 16.5. The first-order valence-corrected chi connectivity index (χ1v) is 15.7. The van der Waals surface area contributed by atoms with Gasteiger partial charge < -0.3 is 14.2 Å². The average Bonchev–Trinajstić information content (AvgIpc) is 2.95. The van der Waals surface area contributed by atoms with Crippen LogP contribution in [0.5, 0.6) is 5.75 Å². The van der Waals surface area contributed by atoms with E-state index in [1.54, 1.807) is 19.1 Å². The third-order valence-electron chi connectivity index (χ3n) is 8.75. The van der Waals surface area contributed by atoms with E-state index < -0.39 is 0 Å². The third-order valence-corrected chi connectivity index (χ3v) is 8.75. The molecule has 218 valence electrons. The summed E-state index contributed by atoms with van der Waals surface area (Å²) in [4.78, 5) is 24.1. The van der Waals surface area contributed by atoms with E-state index in [0.29, 0.717) is 24.4 Å². The van der Waals surface area contributed by atoms with E-state index in [4.69, 9.17) is 14.2 Å². The fourth-order valence-electron chi connectivity index (χ4n) is 6.25. The van der Waals surface area contributed by atoms with Crippen LogP contribution in [0.2, 0.25) is 0 Å². The first kappa shape index (κ1) is 31.2. The summed E-state index contributed by atoms with van der Waals surface area (Å²) in [5.74, 6) is 2.92. The second kappa shape index (κ2) is 17.4. The minimum absolute atomic E-state index is 0.0550. The van der Waals surface area contributed by atoms with Crippen LogP contribution in [0.25, 0.3) is 0 Å². The predicted octanol–water partition coefficient (Wildman–Crippen LogP) is 8.85. The summed E-state index contributed by atoms with van der Waals surface area (Å²) in [5, 5.41) is 0. The molecule has 0 bridgehead atoms. The van der Waals surface area contributed by atoms with Gasteiger partial charge in [-0.3, -0.25) is 0 Å². The van der Waals surface area contributed by atoms with Crippen molar-refractivity contribution in [3.05, 3.63) is 42.0 Å². The monoisotopic (exact) mass is 540 g/mol. The number of unbranched alkanes of at least 4 members (excludes halogenated alkanes) is 5. The lowest BCUT2D eigenvalue weighted by Gasteiger charge is -2.37. The molecule has 0 unspecified atom stereocenters. The van der Waals surface area contributed by atoms with Gasteiger partial charge in [-0.1, -0.05) is 52.0 Å². The second-order valence-electron chi connectivity index (χ2n) is 11.9. The predicted molar refractivity (Wildman–Crippen MR) is 157 cm³/mol. The van der Waals surface area contributed by atoms with E-state index in [0.717, 1.165) is 62.0 Å². The van der Waals surface area contributed by atoms with Gasteiger partial charge in [0.05, 0.1) is 18.8 Å². The van der Waals surface area contributed by atoms with Gasteiger partial charge in [0.25, 0.3) is 0 Å². The van der Waals surface area contributed by atoms with Crippen molar-refractivity contribution in [3.63, 3.8) is 0 Å². The zero-order valence-corrected chi connectivity index (χ0v) is 24.6. The molecule has 0 N–H and O–H groups in total. The molecule has 3 rings (SSSR count). The Labute approximate surface area is 237 Å². The first-order valence-electron chi connectivity index (χ1n) is 15.7. The van der Waals surface area contributed by atoms with E-state index in [-0.39, 0.29) is 18.0 Å². The minimum Gasteiger partial charge on any atom is -0.494 e. The zero-order valence-electron chi connectivity index (χ0n) is 24.6. The van der Waals surface area contributed by atoms with Gasteiger partial charge in [-0.25, -0.2) is 9.59 Å². The van der Waals surface area contributed by atoms with Gasteiger partial charge in [0, 0.05) is 5.57 Å². The van der Waals surface area contributed by atoms with Crippen molar-refractivity contribution in [2.24, 2.45) is 17.8 Å². The Morgan fingerprint density at radius 3 is 2.03 bits per heavy atom. The maximum Gasteiger partial charge on any atom is 0.338 e. The Morgan fingerprint density at radius 2 is 1.41 bits per heavy atom. The van der Waals surface area contributed by atoms with Crippen LogP contribution in [0.3, 0.4) is 0 Å². The zero-order chi connectivity index (χ0) is 27.9. The van der Waals surface area contributed by atoms with Gasteiger partial charge in [0.1, 0.15) is 11.9 Å². The second-order valence-corrected chi connectivity index (χ2v) is 11.9. The van der Waals surface area contributed by atoms with Gasteiger partial charge >= 0.3 is 11.9 Å². The Morgan fingerprint density at radius 1 is 0.795 bits per heavy atom. The van der Waals surface area contributed by atoms with Crippen molar-refractivity contribution in [1.29, 1.82) is 0 Å². The molecular formula is C34H52O5. The van der Waals surface area contributed by atoms with E-state index >= 15 is 0 Å². The van der Waals surface area contributed by atoms with Gasteiger partial charge in [0.15, 0.2) is 0 Å². The fraction of sp³-hybridized carbons (Fsp3) is 0.706. The summed E-state index contributed by atoms with van der Waals surface area (Å²) in [6.07, 6.45) is 19.5. The van der Waals surface area contributed by atoms with E-state index in [9.17, 15) is 9.59 Å². The highest BCUT2D eigenvalue weighted by Crippen LogP contribution is 2.41. The summed E-state index contributed by atoms with van der Waals surface area (Å²) >= 11 is 0. The van der Waals surface area contributed by atoms with Gasteiger partial charge in [0.2, 0.25) is 0 Å². The van der Waals surface area contributed by atoms with E-state index in [1.807, 2.05) is 12.1 Å². The number of hydrogen-bond donors (Lipinski definition) is 0. The van der Waals surface area contributed by atoms with Crippen molar-refractivity contribution < 1.29 is 23.8 Å². The molecule has 0 heterocycles. The largest absolute Gasteiger partial charge is 0.494 e. The standard InChI is InChI=1S/C34H52O5/c1-4-5-8-11-27-12-14-28(15-13-27)29-16-22-32(23-17-29)39-34(36)30-18-20-31(21-19-30)37-24-9-6-7-10-25-38-33(35)26(2)3/h18-21,27-29,32H,2,4-17,22-25H2,1,3H3/t27-,28-,29?,32?. The molecular weight excluding hydrogens is 488 g/mol. The molecule has 0 amide bonds. The van der Waals surface area contributed by atoms with E-state index in [1.165, 1.54) is 64.2 Å². The molecule has 2 aliphatic carbocycles. The quantitative estimate of drug-likeness (QED) is 0.119. The highest BCUT2D eigenvalue weighted by molar-refractivity contribution is 5.89. The topological polar surface area (TPSA) is 61.8 Å². The lowest BCUT2D eigenvalue weighted by Crippen LogP contribution is -2.29. The van der Waals surface area contributed by atoms with Gasteiger partial charge in [-0.05, 0) is 113 Å². The van der Waals surface area contributed by atoms with Crippen molar-refractivity contribution in [2.45, 2.75) is 123 Å². The van der Waals surface area contributed by atoms with Crippen LogP contribution >= 0.6 is 0 Å². The molecule has 0 spiro atoms. The molecule has 5 heteroatoms. The Bertz CT molecular complexity index is 860. The number of esters is 2. The SMILES string of the molecule is C=C(C)C(=O)OCCCCCCOc1ccc(C(=O)OC2CCC([C@H]3CC[C@H](CCCCC)CC3)CC2)cc1. The van der Waals surface area contributed by atoms with Crippen LogP contribution in [-0.4, -0.2) is 31.3 Å². The third kappa shape index (κ3) is 11.4. The van der Waals surface area contributed by atoms with E-state index in [2.05, 4.69) is 13.5 Å². The van der Waals surface area contributed by atoms with Crippen molar-refractivity contribution in [1.82, 2.24) is 0 Å². The number of rotatable bonds is 16. The normalized spacial score (nSPS) is 23.1. The Hall–Kier alpha value is -2.30. The van der Waals surface area contributed by atoms with Crippen LogP contribution in [0, 0.1) is 17.8 Å². The summed E-state index contributed by atoms with van der Waals surface area (Å²) in [7, 11) is 0. The Balaban J connectivity index is 1.25. The molecule has 0 aromatic heterocycles. The number of carbonyl (C=O) groups is 2. The summed E-state index contributed by atoms with van der Waals surface area (Å²) in [6, 6.07) is 7.31. The van der Waals surface area contributed by atoms with Gasteiger partial charge in [-0.15, -0.1) is 0 Å². The molecule has 2 fully saturated rings. The van der Waals surface area contributed by atoms with Crippen molar-refractivity contribution >= 4 is 11.9 Å². The molecule has 0 atom stereocenters. The first-order chi connectivity index (χ1) is 19.0. The van der Waals surface area contributed by atoms with Crippen LogP contribution in [0.1, 0.15) is 127 Å². The average molecular weight is 541 g/mol. The summed E-state index contributed by atoms with van der Waals surface area (Å²) < 4.78 is 16.8. The maximum atomic E-state index is 12.7. The summed E-state index contributed by atoms with van der Waals surface area (Å²) in [5.41, 5.74) is 1.03. The molecule has 1 aromatic rings. The lowest BCUT2D eigenvalue weighted by molar-refractivity contribution is -0.139. The molecule has 0 saturated heterocycles. The number of carbonyl (C=O) groups excluding carboxylic acids is 2. The number of benzene rings is 1. The smallest absolute Gasteiger partial charge is 0.338 e. The lowest BCUT2D eigenvalue weighted by atomic mass is 9.70. The van der Waals surface area contributed by atoms with Gasteiger partial charge in [-0.2, -0.15) is 0 Å². The maximum absolute atomic E-state index is 12.7.